The van der Waals surface area contributed by atoms with Gasteiger partial charge in [-0.15, -0.1) is 0 Å². The van der Waals surface area contributed by atoms with Gasteiger partial charge in [-0.3, -0.25) is 4.79 Å². The first kappa shape index (κ1) is 16.4. The molecule has 1 aromatic rings. The fourth-order valence-corrected chi connectivity index (χ4v) is 3.20. The average molecular weight is 325 g/mol. The van der Waals surface area contributed by atoms with Crippen LogP contribution in [0.25, 0.3) is 0 Å². The van der Waals surface area contributed by atoms with Gasteiger partial charge in [0, 0.05) is 19.7 Å². The molecule has 128 valence electrons. The molecule has 0 spiro atoms. The van der Waals surface area contributed by atoms with Crippen molar-refractivity contribution in [3.63, 3.8) is 0 Å². The lowest BCUT2D eigenvalue weighted by atomic mass is 9.97. The van der Waals surface area contributed by atoms with E-state index < -0.39 is 18.3 Å². The number of aliphatic hydroxyl groups excluding tert-OH is 3. The smallest absolute Gasteiger partial charge is 0.257 e. The number of carbonyl (C=O) groups is 1. The van der Waals surface area contributed by atoms with Crippen molar-refractivity contribution in [2.24, 2.45) is 5.92 Å². The number of aryl methyl sites for hydroxylation is 1. The molecule has 0 bridgehead atoms. The summed E-state index contributed by atoms with van der Waals surface area (Å²) in [5.41, 5.74) is 0.458. The summed E-state index contributed by atoms with van der Waals surface area (Å²) in [6.45, 7) is 3.14. The van der Waals surface area contributed by atoms with Crippen molar-refractivity contribution in [1.82, 2.24) is 4.90 Å². The van der Waals surface area contributed by atoms with Crippen molar-refractivity contribution in [2.75, 3.05) is 26.3 Å². The Morgan fingerprint density at radius 2 is 2.04 bits per heavy atom. The number of hydrogen-bond donors (Lipinski definition) is 3. The van der Waals surface area contributed by atoms with Crippen molar-refractivity contribution in [1.29, 1.82) is 0 Å². The standard InChI is InChI=1S/C16H23NO6/c1-9-11(16(21)17-4-2-10(7-18)3-5-17)6-13(23-9)15-14(20)12(19)8-22-15/h6,10,12,14-15,18-20H,2-5,7-8H2,1H3/t12-,14-,15+/m1/s1. The Hall–Kier alpha value is -1.41. The zero-order chi connectivity index (χ0) is 16.6. The molecule has 0 aliphatic carbocycles. The van der Waals surface area contributed by atoms with Gasteiger partial charge in [0.05, 0.1) is 12.2 Å². The minimum atomic E-state index is -1.05. The highest BCUT2D eigenvalue weighted by atomic mass is 16.5. The van der Waals surface area contributed by atoms with Gasteiger partial charge < -0.3 is 29.4 Å². The maximum absolute atomic E-state index is 12.6. The summed E-state index contributed by atoms with van der Waals surface area (Å²) in [6, 6.07) is 1.60. The van der Waals surface area contributed by atoms with Crippen molar-refractivity contribution in [3.8, 4) is 0 Å². The summed E-state index contributed by atoms with van der Waals surface area (Å²) >= 11 is 0. The molecule has 0 aromatic carbocycles. The number of ether oxygens (including phenoxy) is 1. The molecule has 3 N–H and O–H groups in total. The van der Waals surface area contributed by atoms with Crippen LogP contribution < -0.4 is 0 Å². The van der Waals surface area contributed by atoms with Crippen LogP contribution in [-0.4, -0.2) is 64.6 Å². The molecule has 7 nitrogen and oxygen atoms in total. The number of piperidine rings is 1. The van der Waals surface area contributed by atoms with Gasteiger partial charge in [-0.25, -0.2) is 0 Å². The van der Waals surface area contributed by atoms with Gasteiger partial charge in [0.15, 0.2) is 0 Å². The van der Waals surface area contributed by atoms with E-state index in [0.29, 0.717) is 30.2 Å². The van der Waals surface area contributed by atoms with Crippen LogP contribution in [0.4, 0.5) is 0 Å². The molecule has 23 heavy (non-hydrogen) atoms. The van der Waals surface area contributed by atoms with E-state index in [4.69, 9.17) is 9.15 Å². The Kier molecular flexibility index (Phi) is 4.72. The normalized spacial score (nSPS) is 29.2. The Labute approximate surface area is 134 Å². The molecule has 2 fully saturated rings. The highest BCUT2D eigenvalue weighted by Crippen LogP contribution is 2.32. The summed E-state index contributed by atoms with van der Waals surface area (Å²) in [7, 11) is 0. The third-order valence-corrected chi connectivity index (χ3v) is 4.76. The Morgan fingerprint density at radius 3 is 2.61 bits per heavy atom. The van der Waals surface area contributed by atoms with Gasteiger partial charge in [-0.05, 0) is 31.7 Å². The third kappa shape index (κ3) is 3.14. The topological polar surface area (TPSA) is 103 Å². The molecule has 0 radical (unpaired) electrons. The summed E-state index contributed by atoms with van der Waals surface area (Å²) in [4.78, 5) is 14.4. The predicted octanol–water partition coefficient (Wildman–Crippen LogP) is 0.226. The van der Waals surface area contributed by atoms with Gasteiger partial charge in [-0.1, -0.05) is 0 Å². The van der Waals surface area contributed by atoms with Crippen LogP contribution in [0.2, 0.25) is 0 Å². The minimum Gasteiger partial charge on any atom is -0.463 e. The average Bonchev–Trinajstić information content (AvgIpc) is 3.10. The summed E-state index contributed by atoms with van der Waals surface area (Å²) in [5.74, 6) is 0.997. The summed E-state index contributed by atoms with van der Waals surface area (Å²) in [5, 5.41) is 28.6. The predicted molar refractivity (Wildman–Crippen MR) is 79.9 cm³/mol. The lowest BCUT2D eigenvalue weighted by molar-refractivity contribution is 0.0117. The quantitative estimate of drug-likeness (QED) is 0.735. The molecule has 7 heteroatoms. The first-order valence-electron chi connectivity index (χ1n) is 7.99. The highest BCUT2D eigenvalue weighted by molar-refractivity contribution is 5.95. The number of furan rings is 1. The van der Waals surface area contributed by atoms with E-state index in [9.17, 15) is 20.1 Å². The van der Waals surface area contributed by atoms with E-state index in [-0.39, 0.29) is 25.0 Å². The van der Waals surface area contributed by atoms with Gasteiger partial charge in [-0.2, -0.15) is 0 Å². The van der Waals surface area contributed by atoms with E-state index in [1.807, 2.05) is 0 Å². The van der Waals surface area contributed by atoms with Gasteiger partial charge in [0.25, 0.3) is 5.91 Å². The van der Waals surface area contributed by atoms with Gasteiger partial charge in [0.1, 0.15) is 29.8 Å². The molecule has 1 aromatic heterocycles. The molecule has 2 saturated heterocycles. The number of amides is 1. The Bertz CT molecular complexity index is 563. The van der Waals surface area contributed by atoms with Gasteiger partial charge in [0.2, 0.25) is 0 Å². The Morgan fingerprint density at radius 1 is 1.35 bits per heavy atom. The first-order valence-corrected chi connectivity index (χ1v) is 7.99. The lowest BCUT2D eigenvalue weighted by Gasteiger charge is -2.31. The Balaban J connectivity index is 1.72. The zero-order valence-electron chi connectivity index (χ0n) is 13.1. The zero-order valence-corrected chi connectivity index (χ0v) is 13.1. The van der Waals surface area contributed by atoms with Crippen LogP contribution in [-0.2, 0) is 4.74 Å². The van der Waals surface area contributed by atoms with E-state index in [0.717, 1.165) is 12.8 Å². The highest BCUT2D eigenvalue weighted by Gasteiger charge is 2.38. The van der Waals surface area contributed by atoms with E-state index in [2.05, 4.69) is 0 Å². The van der Waals surface area contributed by atoms with Gasteiger partial charge >= 0.3 is 0 Å². The van der Waals surface area contributed by atoms with Crippen LogP contribution in [0, 0.1) is 12.8 Å². The monoisotopic (exact) mass is 325 g/mol. The second kappa shape index (κ2) is 6.60. The maximum Gasteiger partial charge on any atom is 0.257 e. The largest absolute Gasteiger partial charge is 0.463 e. The minimum absolute atomic E-state index is 0.0452. The molecule has 2 aliphatic rings. The summed E-state index contributed by atoms with van der Waals surface area (Å²) < 4.78 is 10.9. The van der Waals surface area contributed by atoms with Crippen LogP contribution in [0.15, 0.2) is 10.5 Å². The molecule has 3 rings (SSSR count). The molecule has 3 atom stereocenters. The fraction of sp³-hybridized carbons (Fsp3) is 0.688. The molecule has 1 amide bonds. The van der Waals surface area contributed by atoms with Crippen LogP contribution in [0.1, 0.15) is 40.8 Å². The van der Waals surface area contributed by atoms with E-state index in [1.54, 1.807) is 17.9 Å². The van der Waals surface area contributed by atoms with E-state index >= 15 is 0 Å². The third-order valence-electron chi connectivity index (χ3n) is 4.76. The van der Waals surface area contributed by atoms with Crippen LogP contribution in [0.5, 0.6) is 0 Å². The molecule has 2 aliphatic heterocycles. The number of nitrogens with zero attached hydrogens (tertiary/aromatic N) is 1. The lowest BCUT2D eigenvalue weighted by Crippen LogP contribution is -2.39. The number of likely N-dealkylation sites (tertiary alicyclic amines) is 1. The molecular weight excluding hydrogens is 302 g/mol. The second-order valence-electron chi connectivity index (χ2n) is 6.35. The van der Waals surface area contributed by atoms with Crippen LogP contribution in [0.3, 0.4) is 0 Å². The van der Waals surface area contributed by atoms with E-state index in [1.165, 1.54) is 0 Å². The van der Waals surface area contributed by atoms with Crippen LogP contribution >= 0.6 is 0 Å². The molecule has 3 heterocycles. The molecule has 0 saturated carbocycles. The number of aliphatic hydroxyl groups is 3. The first-order chi connectivity index (χ1) is 11.0. The molecule has 0 unspecified atom stereocenters. The van der Waals surface area contributed by atoms with Crippen molar-refractivity contribution in [3.05, 3.63) is 23.2 Å². The fourth-order valence-electron chi connectivity index (χ4n) is 3.20. The number of hydrogen-bond acceptors (Lipinski definition) is 6. The number of rotatable bonds is 3. The molecular formula is C16H23NO6. The second-order valence-corrected chi connectivity index (χ2v) is 6.35. The maximum atomic E-state index is 12.6. The summed E-state index contributed by atoms with van der Waals surface area (Å²) in [6.07, 6.45) is -1.15. The SMILES string of the molecule is Cc1oc([C@@H]2OC[C@@H](O)[C@H]2O)cc1C(=O)N1CCC(CO)CC1. The number of carbonyl (C=O) groups excluding carboxylic acids is 1. The van der Waals surface area contributed by atoms with Crippen molar-refractivity contribution >= 4 is 5.91 Å². The van der Waals surface area contributed by atoms with Crippen molar-refractivity contribution < 1.29 is 29.3 Å². The van der Waals surface area contributed by atoms with Crippen molar-refractivity contribution in [2.45, 2.75) is 38.1 Å².